The minimum Gasteiger partial charge on any atom is -0.347 e. The summed E-state index contributed by atoms with van der Waals surface area (Å²) in [5, 5.41) is 5.25. The molecule has 0 bridgehead atoms. The molecular formula is C16H16F3N3O3. The van der Waals surface area contributed by atoms with Crippen LogP contribution in [0.4, 0.5) is 13.2 Å². The SMILES string of the molecule is C[C@@H]1NC(=O)[C@@H]2C[C@H](NC(=O)c3ccc(C(F)(F)F)cc3)CN2C1=O. The predicted molar refractivity (Wildman–Crippen MR) is 80.4 cm³/mol. The third-order valence-electron chi connectivity index (χ3n) is 4.43. The number of hydrogen-bond acceptors (Lipinski definition) is 3. The largest absolute Gasteiger partial charge is 0.416 e. The van der Waals surface area contributed by atoms with Crippen LogP contribution in [0.5, 0.6) is 0 Å². The molecule has 0 radical (unpaired) electrons. The summed E-state index contributed by atoms with van der Waals surface area (Å²) in [6.07, 6.45) is -4.19. The molecule has 0 saturated carbocycles. The molecule has 25 heavy (non-hydrogen) atoms. The minimum atomic E-state index is -4.46. The van der Waals surface area contributed by atoms with Gasteiger partial charge in [-0.2, -0.15) is 13.2 Å². The van der Waals surface area contributed by atoms with Gasteiger partial charge in [0.15, 0.2) is 0 Å². The van der Waals surface area contributed by atoms with Crippen molar-refractivity contribution < 1.29 is 27.6 Å². The van der Waals surface area contributed by atoms with E-state index < -0.39 is 35.8 Å². The number of carbonyl (C=O) groups excluding carboxylic acids is 3. The lowest BCUT2D eigenvalue weighted by atomic mass is 10.1. The molecule has 3 rings (SSSR count). The number of fused-ring (bicyclic) bond motifs is 1. The molecule has 0 aromatic heterocycles. The van der Waals surface area contributed by atoms with E-state index in [0.717, 1.165) is 24.3 Å². The summed E-state index contributed by atoms with van der Waals surface area (Å²) in [5.41, 5.74) is -0.750. The summed E-state index contributed by atoms with van der Waals surface area (Å²) in [4.78, 5) is 37.6. The van der Waals surface area contributed by atoms with Gasteiger partial charge in [-0.1, -0.05) is 0 Å². The van der Waals surface area contributed by atoms with Gasteiger partial charge >= 0.3 is 6.18 Å². The van der Waals surface area contributed by atoms with Crippen LogP contribution in [0.25, 0.3) is 0 Å². The summed E-state index contributed by atoms with van der Waals surface area (Å²) < 4.78 is 37.6. The first-order valence-corrected chi connectivity index (χ1v) is 7.76. The fraction of sp³-hybridized carbons (Fsp3) is 0.438. The van der Waals surface area contributed by atoms with E-state index in [1.165, 1.54) is 4.90 Å². The van der Waals surface area contributed by atoms with Gasteiger partial charge in [0.25, 0.3) is 5.91 Å². The molecule has 0 unspecified atom stereocenters. The fourth-order valence-electron chi connectivity index (χ4n) is 3.13. The standard InChI is InChI=1S/C16H16F3N3O3/c1-8-15(25)22-7-11(6-12(22)14(24)20-8)21-13(23)9-2-4-10(5-3-9)16(17,18)19/h2-5,8,11-12H,6-7H2,1H3,(H,20,24)(H,21,23)/t8-,11-,12-/m0/s1. The number of rotatable bonds is 2. The van der Waals surface area contributed by atoms with E-state index in [1.807, 2.05) is 0 Å². The molecule has 2 aliphatic rings. The lowest BCUT2D eigenvalue weighted by molar-refractivity contribution is -0.146. The lowest BCUT2D eigenvalue weighted by Crippen LogP contribution is -2.60. The van der Waals surface area contributed by atoms with Crippen molar-refractivity contribution in [3.05, 3.63) is 35.4 Å². The number of amides is 3. The molecule has 6 nitrogen and oxygen atoms in total. The Labute approximate surface area is 141 Å². The van der Waals surface area contributed by atoms with Gasteiger partial charge in [0, 0.05) is 18.2 Å². The van der Waals surface area contributed by atoms with Gasteiger partial charge < -0.3 is 15.5 Å². The van der Waals surface area contributed by atoms with Crippen molar-refractivity contribution in [2.24, 2.45) is 0 Å². The number of carbonyl (C=O) groups is 3. The van der Waals surface area contributed by atoms with Crippen LogP contribution < -0.4 is 10.6 Å². The maximum atomic E-state index is 12.5. The second-order valence-electron chi connectivity index (χ2n) is 6.22. The number of nitrogens with zero attached hydrogens (tertiary/aromatic N) is 1. The molecule has 2 N–H and O–H groups in total. The van der Waals surface area contributed by atoms with E-state index in [1.54, 1.807) is 6.92 Å². The number of nitrogens with one attached hydrogen (secondary N) is 2. The van der Waals surface area contributed by atoms with Crippen molar-refractivity contribution in [1.82, 2.24) is 15.5 Å². The second kappa shape index (κ2) is 6.05. The normalized spacial score (nSPS) is 26.2. The Morgan fingerprint density at radius 3 is 2.48 bits per heavy atom. The van der Waals surface area contributed by atoms with E-state index >= 15 is 0 Å². The van der Waals surface area contributed by atoms with Crippen LogP contribution in [0, 0.1) is 0 Å². The monoisotopic (exact) mass is 355 g/mol. The highest BCUT2D eigenvalue weighted by Crippen LogP contribution is 2.29. The Morgan fingerprint density at radius 1 is 1.24 bits per heavy atom. The quantitative estimate of drug-likeness (QED) is 0.828. The topological polar surface area (TPSA) is 78.5 Å². The van der Waals surface area contributed by atoms with Crippen molar-refractivity contribution in [3.8, 4) is 0 Å². The molecule has 1 aromatic rings. The van der Waals surface area contributed by atoms with Crippen LogP contribution in [-0.4, -0.2) is 47.3 Å². The van der Waals surface area contributed by atoms with E-state index in [9.17, 15) is 27.6 Å². The zero-order chi connectivity index (χ0) is 18.4. The molecule has 134 valence electrons. The average molecular weight is 355 g/mol. The van der Waals surface area contributed by atoms with E-state index in [-0.39, 0.29) is 30.3 Å². The first-order chi connectivity index (χ1) is 11.7. The molecule has 1 aromatic carbocycles. The van der Waals surface area contributed by atoms with Gasteiger partial charge in [-0.05, 0) is 37.6 Å². The van der Waals surface area contributed by atoms with Crippen LogP contribution in [0.2, 0.25) is 0 Å². The van der Waals surface area contributed by atoms with Crippen molar-refractivity contribution in [3.63, 3.8) is 0 Å². The van der Waals surface area contributed by atoms with Crippen molar-refractivity contribution in [2.75, 3.05) is 6.54 Å². The third kappa shape index (κ3) is 3.31. The average Bonchev–Trinajstić information content (AvgIpc) is 2.96. The number of alkyl halides is 3. The smallest absolute Gasteiger partial charge is 0.347 e. The van der Waals surface area contributed by atoms with Crippen molar-refractivity contribution in [2.45, 2.75) is 37.6 Å². The first-order valence-electron chi connectivity index (χ1n) is 7.76. The lowest BCUT2D eigenvalue weighted by Gasteiger charge is -2.32. The zero-order valence-corrected chi connectivity index (χ0v) is 13.3. The van der Waals surface area contributed by atoms with E-state index in [4.69, 9.17) is 0 Å². The second-order valence-corrected chi connectivity index (χ2v) is 6.22. The first kappa shape index (κ1) is 17.2. The Bertz CT molecular complexity index is 718. The maximum absolute atomic E-state index is 12.5. The summed E-state index contributed by atoms with van der Waals surface area (Å²) in [5.74, 6) is -1.02. The van der Waals surface area contributed by atoms with Crippen molar-refractivity contribution in [1.29, 1.82) is 0 Å². The molecule has 2 aliphatic heterocycles. The van der Waals surface area contributed by atoms with Crippen LogP contribution in [-0.2, 0) is 15.8 Å². The maximum Gasteiger partial charge on any atom is 0.416 e. The number of piperazine rings is 1. The summed E-state index contributed by atoms with van der Waals surface area (Å²) >= 11 is 0. The molecular weight excluding hydrogens is 339 g/mol. The van der Waals surface area contributed by atoms with E-state index in [2.05, 4.69) is 10.6 Å². The van der Waals surface area contributed by atoms with Crippen LogP contribution in [0.15, 0.2) is 24.3 Å². The predicted octanol–water partition coefficient (Wildman–Crippen LogP) is 0.923. The van der Waals surface area contributed by atoms with Crippen LogP contribution >= 0.6 is 0 Å². The highest BCUT2D eigenvalue weighted by atomic mass is 19.4. The highest BCUT2D eigenvalue weighted by molar-refractivity contribution is 5.98. The van der Waals surface area contributed by atoms with Crippen LogP contribution in [0.3, 0.4) is 0 Å². The van der Waals surface area contributed by atoms with Gasteiger partial charge in [0.2, 0.25) is 11.8 Å². The Morgan fingerprint density at radius 2 is 1.88 bits per heavy atom. The van der Waals surface area contributed by atoms with Gasteiger partial charge in [-0.25, -0.2) is 0 Å². The molecule has 2 heterocycles. The Kier molecular flexibility index (Phi) is 4.18. The van der Waals surface area contributed by atoms with Gasteiger partial charge in [-0.15, -0.1) is 0 Å². The third-order valence-corrected chi connectivity index (χ3v) is 4.43. The van der Waals surface area contributed by atoms with Gasteiger partial charge in [0.1, 0.15) is 12.1 Å². The number of halogens is 3. The summed E-state index contributed by atoms with van der Waals surface area (Å²) in [7, 11) is 0. The molecule has 3 amide bonds. The highest BCUT2D eigenvalue weighted by Gasteiger charge is 2.45. The van der Waals surface area contributed by atoms with Crippen molar-refractivity contribution >= 4 is 17.7 Å². The van der Waals surface area contributed by atoms with Crippen LogP contribution in [0.1, 0.15) is 29.3 Å². The molecule has 3 atom stereocenters. The molecule has 9 heteroatoms. The van der Waals surface area contributed by atoms with Gasteiger partial charge in [-0.3, -0.25) is 14.4 Å². The Balaban J connectivity index is 1.66. The molecule has 2 fully saturated rings. The summed E-state index contributed by atoms with van der Waals surface area (Å²) in [6, 6.07) is 2.21. The van der Waals surface area contributed by atoms with E-state index in [0.29, 0.717) is 0 Å². The van der Waals surface area contributed by atoms with Gasteiger partial charge in [0.05, 0.1) is 5.56 Å². The molecule has 0 spiro atoms. The minimum absolute atomic E-state index is 0.0852. The summed E-state index contributed by atoms with van der Waals surface area (Å²) in [6.45, 7) is 1.79. The number of hydrogen-bond donors (Lipinski definition) is 2. The molecule has 0 aliphatic carbocycles. The fourth-order valence-corrected chi connectivity index (χ4v) is 3.13. The molecule has 2 saturated heterocycles. The zero-order valence-electron chi connectivity index (χ0n) is 13.3. The Hall–Kier alpha value is -2.58. The number of benzene rings is 1.